The smallest absolute Gasteiger partial charge is 0.410 e. The van der Waals surface area contributed by atoms with Crippen LogP contribution < -0.4 is 0 Å². The van der Waals surface area contributed by atoms with E-state index >= 15 is 0 Å². The molecule has 1 saturated carbocycles. The fourth-order valence-corrected chi connectivity index (χ4v) is 2.00. The monoisotopic (exact) mass is 242 g/mol. The highest BCUT2D eigenvalue weighted by Crippen LogP contribution is 2.25. The Morgan fingerprint density at radius 2 is 1.88 bits per heavy atom. The second-order valence-corrected chi connectivity index (χ2v) is 5.53. The maximum absolute atomic E-state index is 11.7. The highest BCUT2D eigenvalue weighted by Gasteiger charge is 2.33. The van der Waals surface area contributed by atoms with E-state index in [9.17, 15) is 9.90 Å². The zero-order valence-corrected chi connectivity index (χ0v) is 10.7. The average Bonchev–Trinajstić information content (AvgIpc) is 3.13. The van der Waals surface area contributed by atoms with Gasteiger partial charge < -0.3 is 14.7 Å². The molecule has 2 aliphatic rings. The van der Waals surface area contributed by atoms with Gasteiger partial charge in [0, 0.05) is 31.7 Å². The molecule has 1 aliphatic heterocycles. The van der Waals surface area contributed by atoms with Gasteiger partial charge in [-0.1, -0.05) is 0 Å². The summed E-state index contributed by atoms with van der Waals surface area (Å²) in [5, 5.41) is 9.30. The maximum atomic E-state index is 11.7. The lowest BCUT2D eigenvalue weighted by Gasteiger charge is -2.42. The molecule has 1 N–H and O–H groups in total. The molecule has 0 aromatic carbocycles. The van der Waals surface area contributed by atoms with Gasteiger partial charge in [0.15, 0.2) is 0 Å². The fourth-order valence-electron chi connectivity index (χ4n) is 2.00. The summed E-state index contributed by atoms with van der Waals surface area (Å²) < 4.78 is 5.27. The zero-order chi connectivity index (χ0) is 12.5. The van der Waals surface area contributed by atoms with Crippen molar-refractivity contribution in [2.75, 3.05) is 32.8 Å². The molecule has 1 amide bonds. The van der Waals surface area contributed by atoms with Crippen LogP contribution in [0.4, 0.5) is 4.79 Å². The molecule has 2 rings (SSSR count). The van der Waals surface area contributed by atoms with Crippen molar-refractivity contribution >= 4 is 6.09 Å². The van der Waals surface area contributed by atoms with Gasteiger partial charge in [-0.05, 0) is 26.7 Å². The van der Waals surface area contributed by atoms with Gasteiger partial charge in [0.1, 0.15) is 6.10 Å². The Labute approximate surface area is 102 Å². The molecule has 0 bridgehead atoms. The van der Waals surface area contributed by atoms with Crippen LogP contribution in [0.25, 0.3) is 0 Å². The fraction of sp³-hybridized carbons (Fsp3) is 0.917. The van der Waals surface area contributed by atoms with E-state index < -0.39 is 0 Å². The Balaban J connectivity index is 1.78. The standard InChI is InChI=1S/C12H22N2O3/c1-12(2,9-15)14-7-5-13(6-8-14)11(16)17-10-3-4-10/h10,15H,3-9H2,1-2H3. The lowest BCUT2D eigenvalue weighted by molar-refractivity contribution is 0.0122. The Morgan fingerprint density at radius 1 is 1.29 bits per heavy atom. The number of carbonyl (C=O) groups excluding carboxylic acids is 1. The predicted molar refractivity (Wildman–Crippen MR) is 63.8 cm³/mol. The number of carbonyl (C=O) groups is 1. The second kappa shape index (κ2) is 4.82. The lowest BCUT2D eigenvalue weighted by Crippen LogP contribution is -2.57. The molecular formula is C12H22N2O3. The third-order valence-corrected chi connectivity index (χ3v) is 3.57. The molecule has 1 aliphatic carbocycles. The molecule has 1 saturated heterocycles. The molecule has 17 heavy (non-hydrogen) atoms. The number of rotatable bonds is 3. The first-order valence-corrected chi connectivity index (χ1v) is 6.34. The molecule has 0 radical (unpaired) electrons. The first kappa shape index (κ1) is 12.6. The highest BCUT2D eigenvalue weighted by molar-refractivity contribution is 5.68. The van der Waals surface area contributed by atoms with Gasteiger partial charge in [-0.15, -0.1) is 0 Å². The molecule has 2 fully saturated rings. The van der Waals surface area contributed by atoms with Crippen LogP contribution in [0.1, 0.15) is 26.7 Å². The molecule has 0 atom stereocenters. The summed E-state index contributed by atoms with van der Waals surface area (Å²) in [6.45, 7) is 7.15. The average molecular weight is 242 g/mol. The predicted octanol–water partition coefficient (Wildman–Crippen LogP) is 0.674. The van der Waals surface area contributed by atoms with Crippen LogP contribution in [0.5, 0.6) is 0 Å². The number of piperazine rings is 1. The number of nitrogens with zero attached hydrogens (tertiary/aromatic N) is 2. The molecule has 5 nitrogen and oxygen atoms in total. The number of aliphatic hydroxyl groups excluding tert-OH is 1. The maximum Gasteiger partial charge on any atom is 0.410 e. The number of amides is 1. The van der Waals surface area contributed by atoms with Crippen LogP contribution in [0.3, 0.4) is 0 Å². The topological polar surface area (TPSA) is 53.0 Å². The van der Waals surface area contributed by atoms with Crippen LogP contribution in [0.15, 0.2) is 0 Å². The highest BCUT2D eigenvalue weighted by atomic mass is 16.6. The van der Waals surface area contributed by atoms with E-state index in [1.165, 1.54) is 0 Å². The molecule has 0 aromatic rings. The summed E-state index contributed by atoms with van der Waals surface area (Å²) in [6.07, 6.45) is 2.04. The molecule has 5 heteroatoms. The van der Waals surface area contributed by atoms with Crippen molar-refractivity contribution < 1.29 is 14.6 Å². The molecular weight excluding hydrogens is 220 g/mol. The summed E-state index contributed by atoms with van der Waals surface area (Å²) >= 11 is 0. The second-order valence-electron chi connectivity index (χ2n) is 5.53. The largest absolute Gasteiger partial charge is 0.446 e. The lowest BCUT2D eigenvalue weighted by atomic mass is 10.0. The van der Waals surface area contributed by atoms with Gasteiger partial charge in [0.25, 0.3) is 0 Å². The first-order chi connectivity index (χ1) is 8.03. The van der Waals surface area contributed by atoms with Crippen molar-refractivity contribution in [2.45, 2.75) is 38.3 Å². The number of hydrogen-bond donors (Lipinski definition) is 1. The zero-order valence-electron chi connectivity index (χ0n) is 10.7. The van der Waals surface area contributed by atoms with Gasteiger partial charge in [-0.2, -0.15) is 0 Å². The molecule has 98 valence electrons. The van der Waals surface area contributed by atoms with Crippen molar-refractivity contribution in [2.24, 2.45) is 0 Å². The van der Waals surface area contributed by atoms with Crippen molar-refractivity contribution in [3.8, 4) is 0 Å². The van der Waals surface area contributed by atoms with Crippen LogP contribution >= 0.6 is 0 Å². The quantitative estimate of drug-likeness (QED) is 0.790. The van der Waals surface area contributed by atoms with E-state index in [2.05, 4.69) is 4.90 Å². The summed E-state index contributed by atoms with van der Waals surface area (Å²) in [7, 11) is 0. The molecule has 0 spiro atoms. The molecule has 1 heterocycles. The van der Waals surface area contributed by atoms with E-state index in [1.807, 2.05) is 13.8 Å². The SMILES string of the molecule is CC(C)(CO)N1CCN(C(=O)OC2CC2)CC1. The third kappa shape index (κ3) is 3.10. The minimum atomic E-state index is -0.202. The van der Waals surface area contributed by atoms with E-state index in [4.69, 9.17) is 4.74 Å². The van der Waals surface area contributed by atoms with Crippen molar-refractivity contribution in [3.05, 3.63) is 0 Å². The van der Waals surface area contributed by atoms with Crippen LogP contribution in [0, 0.1) is 0 Å². The molecule has 0 unspecified atom stereocenters. The Kier molecular flexibility index (Phi) is 3.58. The summed E-state index contributed by atoms with van der Waals surface area (Å²) in [6, 6.07) is 0. The summed E-state index contributed by atoms with van der Waals surface area (Å²) in [4.78, 5) is 15.7. The van der Waals surface area contributed by atoms with Gasteiger partial charge in [-0.3, -0.25) is 4.90 Å². The van der Waals surface area contributed by atoms with E-state index in [1.54, 1.807) is 4.90 Å². The minimum Gasteiger partial charge on any atom is -0.446 e. The van der Waals surface area contributed by atoms with Crippen LogP contribution in [-0.2, 0) is 4.74 Å². The Hall–Kier alpha value is -0.810. The van der Waals surface area contributed by atoms with Gasteiger partial charge in [0.05, 0.1) is 6.61 Å². The van der Waals surface area contributed by atoms with Crippen molar-refractivity contribution in [3.63, 3.8) is 0 Å². The number of ether oxygens (including phenoxy) is 1. The van der Waals surface area contributed by atoms with E-state index in [0.29, 0.717) is 13.1 Å². The Morgan fingerprint density at radius 3 is 2.35 bits per heavy atom. The number of aliphatic hydroxyl groups is 1. The van der Waals surface area contributed by atoms with E-state index in [-0.39, 0.29) is 24.3 Å². The van der Waals surface area contributed by atoms with Crippen LogP contribution in [0.2, 0.25) is 0 Å². The van der Waals surface area contributed by atoms with Gasteiger partial charge >= 0.3 is 6.09 Å². The summed E-state index contributed by atoms with van der Waals surface area (Å²) in [5.41, 5.74) is -0.202. The van der Waals surface area contributed by atoms with Crippen LogP contribution in [-0.4, -0.2) is 65.4 Å². The Bertz CT molecular complexity index is 281. The third-order valence-electron chi connectivity index (χ3n) is 3.57. The van der Waals surface area contributed by atoms with E-state index in [0.717, 1.165) is 25.9 Å². The first-order valence-electron chi connectivity index (χ1n) is 6.34. The van der Waals surface area contributed by atoms with Gasteiger partial charge in [0.2, 0.25) is 0 Å². The molecule has 0 aromatic heterocycles. The normalized spacial score (nSPS) is 22.6. The van der Waals surface area contributed by atoms with Crippen molar-refractivity contribution in [1.29, 1.82) is 0 Å². The number of hydrogen-bond acceptors (Lipinski definition) is 4. The summed E-state index contributed by atoms with van der Waals surface area (Å²) in [5.74, 6) is 0. The van der Waals surface area contributed by atoms with Gasteiger partial charge in [-0.25, -0.2) is 4.79 Å². The van der Waals surface area contributed by atoms with Crippen molar-refractivity contribution in [1.82, 2.24) is 9.80 Å². The minimum absolute atomic E-state index is 0.138.